The van der Waals surface area contributed by atoms with Crippen LogP contribution >= 0.6 is 34.4 Å². The summed E-state index contributed by atoms with van der Waals surface area (Å²) in [6, 6.07) is 0. The zero-order valence-corrected chi connectivity index (χ0v) is 83.4. The van der Waals surface area contributed by atoms with E-state index in [0.29, 0.717) is 98.3 Å². The largest absolute Gasteiger partial charge is 0.476 e. The molecule has 5 aliphatic rings. The molecule has 0 aromatic carbocycles. The lowest BCUT2D eigenvalue weighted by Crippen LogP contribution is -2.32. The van der Waals surface area contributed by atoms with Crippen molar-refractivity contribution in [3.05, 3.63) is 71.0 Å². The Morgan fingerprint density at radius 3 is 0.993 bits per heavy atom. The lowest BCUT2D eigenvalue weighted by Gasteiger charge is -2.20. The number of aromatic amines is 4. The number of aromatic nitrogens is 20. The number of fused-ring (bicyclic) bond motifs is 5. The summed E-state index contributed by atoms with van der Waals surface area (Å²) in [5.74, 6) is 2.33. The van der Waals surface area contributed by atoms with Crippen molar-refractivity contribution in [1.82, 2.24) is 97.6 Å². The molecule has 0 radical (unpaired) electrons. The zero-order chi connectivity index (χ0) is 98.8. The molecule has 0 aliphatic carbocycles. The number of H-pyrrole nitrogens is 4. The number of aliphatic hydroxyl groups excluding tert-OH is 10. The molecule has 15 heterocycles. The summed E-state index contributed by atoms with van der Waals surface area (Å²) < 4.78 is 43.5. The Kier molecular flexibility index (Phi) is 34.3. The summed E-state index contributed by atoms with van der Waals surface area (Å²) in [4.78, 5) is 105. The van der Waals surface area contributed by atoms with Gasteiger partial charge in [-0.25, -0.2) is 24.9 Å². The third kappa shape index (κ3) is 25.0. The summed E-state index contributed by atoms with van der Waals surface area (Å²) in [5, 5.41) is 105. The lowest BCUT2D eigenvalue weighted by atomic mass is 10.1. The van der Waals surface area contributed by atoms with Gasteiger partial charge >= 0.3 is 0 Å². The number of hydrogen-bond acceptors (Lipinski definition) is 36. The predicted octanol–water partition coefficient (Wildman–Crippen LogP) is 2.15. The Bertz CT molecular complexity index is 6300. The van der Waals surface area contributed by atoms with Gasteiger partial charge in [0.05, 0.1) is 43.5 Å². The Balaban J connectivity index is 0.000000161. The Hall–Kier alpha value is -8.35. The second-order valence-electron chi connectivity index (χ2n) is 38.3. The van der Waals surface area contributed by atoms with Gasteiger partial charge in [-0.2, -0.15) is 29.9 Å². The number of nitrogens with zero attached hydrogens (tertiary/aromatic N) is 16. The Labute approximate surface area is 775 Å². The smallest absolute Gasteiger partial charge is 0.280 e. The van der Waals surface area contributed by atoms with E-state index in [0.717, 1.165) is 62.9 Å². The average Bonchev–Trinajstić information content (AvgIpc) is 1.62. The first-order valence-corrected chi connectivity index (χ1v) is 60.0. The van der Waals surface area contributed by atoms with Gasteiger partial charge in [-0.05, 0) is 156 Å². The number of unbranched alkanes of at least 4 members (excludes halogenated alkanes) is 2. The van der Waals surface area contributed by atoms with Crippen LogP contribution in [0.1, 0.15) is 146 Å². The van der Waals surface area contributed by atoms with Gasteiger partial charge in [0.1, 0.15) is 84.3 Å². The molecule has 15 rings (SSSR count). The van der Waals surface area contributed by atoms with Crippen LogP contribution in [0.25, 0.3) is 55.8 Å². The van der Waals surface area contributed by atoms with Crippen LogP contribution in [-0.2, 0) is 42.9 Å². The standard InChI is InChI=1S/2C18H30N5O4P.C17H28N5O4P.C16H26N5O4P.C15H24N5O4P/c1-5-6-8-26-16-12-15(21-18(19)22-16)23(10-20-12)17-14(25)13(24)11(27-17)7-9-28(2,3)4;1-5-6-7-11-20-12-15(21-18(19)22-16(12)26)23(11)17-14(25)13(24)10(27-17)8-9-28(2,3)4;1-5-6-10-19-11-14(20-17(18)21-15(11)25)22(10)16-13(24)12(23)9(26-16)7-8-27(2,3)4;1-5-9-18-10-13(19-16(17)20-14(10)24)21(9)15-12(23)11(22)8(25-15)6-7-26(2,3)4;1-7-17-9-12(18-15(16)19-13(9)23)20(7)14-11(22)10(21)8(24-14)5-6-25(2,3)4/h10-11,13-14,17,24-25H,2,5-9H2,1,3-4H3,(H2,19,21,22);10,13-14,17,24-25H,2,5-9H2,1,3-4H3,(H3,19,21,22,26);9,12-13,16,23-24H,2,5-8H2,1,3-4H3,(H3,18,20,21,25);8,11-12,15,22-23H,2,5-7H2,1,3-4H3,(H3,17,19,20,24);8,10-11,14,21-22H,2,5-6H2,1,3-4H3,(H3,16,18,19,23)/t11-,13-,14-,17-;10-,13-,14-,17-;9-,12-,13-,16-;8-,11-,12-,15-;8-,10-,11-,14-/m11111/s1. The first-order chi connectivity index (χ1) is 62.6. The van der Waals surface area contributed by atoms with E-state index in [4.69, 9.17) is 57.1 Å². The molecule has 0 unspecified atom stereocenters. The third-order valence-corrected chi connectivity index (χ3v) is 30.8. The summed E-state index contributed by atoms with van der Waals surface area (Å²) in [7, 11) is 0. The maximum atomic E-state index is 12.3. The molecule has 10 aromatic heterocycles. The second-order valence-corrected chi connectivity index (χ2v) is 59.9. The summed E-state index contributed by atoms with van der Waals surface area (Å²) >= 11 is 0. The molecule has 5 fully saturated rings. The molecule has 0 amide bonds. The van der Waals surface area contributed by atoms with E-state index in [9.17, 15) is 70.2 Å². The van der Waals surface area contributed by atoms with Gasteiger partial charge in [0, 0.05) is 19.3 Å². The normalized spacial score (nSPS) is 26.2. The Morgan fingerprint density at radius 2 is 0.664 bits per heavy atom. The molecule has 5 saturated heterocycles. The molecule has 24 N–H and O–H groups in total. The van der Waals surface area contributed by atoms with Gasteiger partial charge in [0.2, 0.25) is 35.6 Å². The van der Waals surface area contributed by atoms with E-state index in [1.807, 2.05) is 13.8 Å². The first-order valence-electron chi connectivity index (χ1n) is 44.8. The van der Waals surface area contributed by atoms with Crippen molar-refractivity contribution in [3.63, 3.8) is 0 Å². The van der Waals surface area contributed by atoms with Gasteiger partial charge < -0.3 is 108 Å². The van der Waals surface area contributed by atoms with Crippen LogP contribution in [-0.4, -0.2) is 376 Å². The zero-order valence-electron chi connectivity index (χ0n) is 78.9. The molecule has 50 heteroatoms. The van der Waals surface area contributed by atoms with Crippen LogP contribution < -0.4 is 55.6 Å². The Morgan fingerprint density at radius 1 is 0.366 bits per heavy atom. The van der Waals surface area contributed by atoms with E-state index >= 15 is 0 Å². The fourth-order valence-electron chi connectivity index (χ4n) is 16.3. The number of imidazole rings is 5. The van der Waals surface area contributed by atoms with Crippen molar-refractivity contribution in [2.24, 2.45) is 0 Å². The molecule has 20 atom stereocenters. The van der Waals surface area contributed by atoms with Crippen LogP contribution in [0, 0.1) is 6.92 Å². The van der Waals surface area contributed by atoms with Crippen molar-refractivity contribution < 1.29 is 79.5 Å². The predicted molar refractivity (Wildman–Crippen MR) is 534 cm³/mol. The van der Waals surface area contributed by atoms with E-state index in [2.05, 4.69) is 187 Å². The van der Waals surface area contributed by atoms with Gasteiger partial charge in [0.25, 0.3) is 22.2 Å². The molecule has 744 valence electrons. The molecular weight excluding hydrogens is 1830 g/mol. The number of anilines is 5. The third-order valence-electron chi connectivity index (χ3n) is 23.4. The fourth-order valence-corrected chi connectivity index (χ4v) is 21.1. The highest BCUT2D eigenvalue weighted by Crippen LogP contribution is 2.47. The highest BCUT2D eigenvalue weighted by Gasteiger charge is 2.50. The van der Waals surface area contributed by atoms with Crippen LogP contribution in [0.2, 0.25) is 0 Å². The van der Waals surface area contributed by atoms with Gasteiger partial charge in [-0.15, -0.1) is 65.9 Å². The van der Waals surface area contributed by atoms with Crippen LogP contribution in [0.4, 0.5) is 29.7 Å². The molecule has 10 aromatic rings. The summed E-state index contributed by atoms with van der Waals surface area (Å²) in [6.45, 7) is 25.0. The highest BCUT2D eigenvalue weighted by molar-refractivity contribution is 7.73. The van der Waals surface area contributed by atoms with E-state index in [1.165, 1.54) is 10.9 Å². The van der Waals surface area contributed by atoms with E-state index < -0.39 is 179 Å². The number of aryl methyl sites for hydroxylation is 4. The molecular formula is C84H138N25O20P5. The van der Waals surface area contributed by atoms with Crippen molar-refractivity contribution in [1.29, 1.82) is 0 Å². The minimum absolute atomic E-state index is 0.0334. The number of rotatable bonds is 30. The summed E-state index contributed by atoms with van der Waals surface area (Å²) in [6.07, 6.45) is 18.0. The molecule has 5 aliphatic heterocycles. The fraction of sp³-hybridized carbons (Fsp3) is 0.643. The highest BCUT2D eigenvalue weighted by atomic mass is 31.2. The van der Waals surface area contributed by atoms with Crippen molar-refractivity contribution in [3.8, 4) is 5.88 Å². The minimum Gasteiger partial charge on any atom is -0.476 e. The van der Waals surface area contributed by atoms with Gasteiger partial charge in [-0.3, -0.25) is 61.9 Å². The lowest BCUT2D eigenvalue weighted by molar-refractivity contribution is -0.0368. The van der Waals surface area contributed by atoms with Crippen molar-refractivity contribution in [2.45, 2.75) is 241 Å². The molecule has 0 saturated carbocycles. The average molecular weight is 1970 g/mol. The number of nitrogen functional groups attached to an aromatic ring is 5. The SMILES string of the molecule is C=P(C)(C)CC[C@H]1O[C@@H](n2c(C)nc3c(=O)[nH]c(N)nc32)[C@H](O)[C@@H]1O.C=P(C)(C)CC[C@H]1O[C@@H](n2c(CC)nc3c(=O)[nH]c(N)nc32)[C@H](O)[C@@H]1O.C=P(C)(C)CC[C@H]1O[C@@H](n2c(CCC)nc3c(=O)[nH]c(N)nc32)[C@H](O)[C@@H]1O.C=P(C)(C)CC[C@H]1O[C@@H](n2c(CCCC)nc3c(=O)[nH]c(N)nc32)[C@H](O)[C@@H]1O.C=P(C)(C)CC[C@H]1O[C@@H](n2cnc3c(OCCCC)nc(N)nc32)[C@H](O)[C@@H]1O. The number of nitrogens with two attached hydrogens (primary N) is 5. The van der Waals surface area contributed by atoms with E-state index in [1.54, 1.807) is 25.2 Å². The molecule has 45 nitrogen and oxygen atoms in total. The van der Waals surface area contributed by atoms with Gasteiger partial charge in [-0.1, -0.05) is 40.5 Å². The number of nitrogens with one attached hydrogen (secondary N) is 4. The maximum absolute atomic E-state index is 12.3. The van der Waals surface area contributed by atoms with Crippen LogP contribution in [0.15, 0.2) is 25.5 Å². The molecule has 0 bridgehead atoms. The number of ether oxygens (including phenoxy) is 6. The van der Waals surface area contributed by atoms with E-state index in [-0.39, 0.29) is 74.4 Å². The topological polar surface area (TPSA) is 686 Å². The number of aliphatic hydroxyl groups is 10. The molecule has 0 spiro atoms. The molecule has 134 heavy (non-hydrogen) atoms. The van der Waals surface area contributed by atoms with Crippen LogP contribution in [0.5, 0.6) is 5.88 Å². The first kappa shape index (κ1) is 106. The van der Waals surface area contributed by atoms with Crippen molar-refractivity contribution >= 4 is 151 Å². The second kappa shape index (κ2) is 43.4. The van der Waals surface area contributed by atoms with Gasteiger partial charge in [0.15, 0.2) is 87.0 Å². The van der Waals surface area contributed by atoms with Crippen LogP contribution in [0.3, 0.4) is 0 Å². The monoisotopic (exact) mass is 1970 g/mol. The quantitative estimate of drug-likeness (QED) is 0.0226. The summed E-state index contributed by atoms with van der Waals surface area (Å²) in [5.41, 5.74) is 29.1. The number of hydrogen-bond donors (Lipinski definition) is 19. The van der Waals surface area contributed by atoms with Crippen molar-refractivity contribution in [2.75, 3.05) is 133 Å². The minimum atomic E-state index is -1.29. The maximum Gasteiger partial charge on any atom is 0.280 e.